The summed E-state index contributed by atoms with van der Waals surface area (Å²) in [7, 11) is -2.43. The number of sulfone groups is 1. The van der Waals surface area contributed by atoms with Gasteiger partial charge in [0.05, 0.1) is 17.8 Å². The van der Waals surface area contributed by atoms with Gasteiger partial charge in [-0.2, -0.15) is 8.78 Å². The lowest BCUT2D eigenvalue weighted by Gasteiger charge is -2.12. The third-order valence-corrected chi connectivity index (χ3v) is 5.44. The van der Waals surface area contributed by atoms with Crippen LogP contribution in [-0.4, -0.2) is 33.8 Å². The van der Waals surface area contributed by atoms with Crippen molar-refractivity contribution in [3.05, 3.63) is 53.8 Å². The van der Waals surface area contributed by atoms with Gasteiger partial charge in [0, 0.05) is 13.0 Å². The molecule has 0 aliphatic rings. The van der Waals surface area contributed by atoms with E-state index in [2.05, 4.69) is 10.1 Å². The van der Waals surface area contributed by atoms with Crippen molar-refractivity contribution < 1.29 is 35.9 Å². The van der Waals surface area contributed by atoms with Gasteiger partial charge in [0.1, 0.15) is 5.82 Å². The molecule has 2 aromatic carbocycles. The molecule has 2 aromatic rings. The topological polar surface area (TPSA) is 81.7 Å². The van der Waals surface area contributed by atoms with Crippen LogP contribution < -0.4 is 14.8 Å². The van der Waals surface area contributed by atoms with Crippen molar-refractivity contribution in [3.8, 4) is 11.5 Å². The molecule has 0 heterocycles. The Balaban J connectivity index is 1.91. The summed E-state index contributed by atoms with van der Waals surface area (Å²) >= 11 is 0. The second-order valence-corrected chi connectivity index (χ2v) is 7.77. The first kappa shape index (κ1) is 21.5. The maximum absolute atomic E-state index is 12.9. The smallest absolute Gasteiger partial charge is 0.387 e. The molecular formula is C18H18F3NO5S. The van der Waals surface area contributed by atoms with Gasteiger partial charge in [-0.25, -0.2) is 12.8 Å². The van der Waals surface area contributed by atoms with E-state index in [0.717, 1.165) is 24.3 Å². The van der Waals surface area contributed by atoms with Crippen LogP contribution in [0.15, 0.2) is 47.4 Å². The fraction of sp³-hybridized carbons (Fsp3) is 0.278. The number of carbonyl (C=O) groups excluding carboxylic acids is 1. The van der Waals surface area contributed by atoms with Crippen molar-refractivity contribution in [1.82, 2.24) is 5.32 Å². The Hall–Kier alpha value is -2.75. The molecule has 10 heteroatoms. The molecule has 0 atom stereocenters. The molecule has 28 heavy (non-hydrogen) atoms. The van der Waals surface area contributed by atoms with Crippen molar-refractivity contribution in [1.29, 1.82) is 0 Å². The van der Waals surface area contributed by atoms with Gasteiger partial charge < -0.3 is 14.8 Å². The molecule has 0 aromatic heterocycles. The number of hydrogen-bond donors (Lipinski definition) is 1. The molecule has 0 aliphatic heterocycles. The van der Waals surface area contributed by atoms with E-state index in [-0.39, 0.29) is 29.4 Å². The SMILES string of the molecule is COc1cc(CNC(=O)CCS(=O)(=O)c2ccc(F)cc2)ccc1OC(F)F. The zero-order valence-corrected chi connectivity index (χ0v) is 15.6. The number of benzene rings is 2. The number of halogens is 3. The minimum absolute atomic E-state index is 0.0424. The van der Waals surface area contributed by atoms with Gasteiger partial charge in [0.2, 0.25) is 5.91 Å². The molecule has 0 aliphatic carbocycles. The van der Waals surface area contributed by atoms with E-state index >= 15 is 0 Å². The summed E-state index contributed by atoms with van der Waals surface area (Å²) < 4.78 is 71.1. The fourth-order valence-corrected chi connectivity index (χ4v) is 3.53. The van der Waals surface area contributed by atoms with Gasteiger partial charge in [0.25, 0.3) is 0 Å². The molecule has 0 fully saturated rings. The number of ether oxygens (including phenoxy) is 2. The summed E-state index contributed by atoms with van der Waals surface area (Å²) in [5.41, 5.74) is 0.549. The lowest BCUT2D eigenvalue weighted by atomic mass is 10.2. The third-order valence-electron chi connectivity index (χ3n) is 3.70. The van der Waals surface area contributed by atoms with Gasteiger partial charge >= 0.3 is 6.61 Å². The van der Waals surface area contributed by atoms with Gasteiger partial charge in [-0.3, -0.25) is 4.79 Å². The first-order valence-electron chi connectivity index (χ1n) is 8.08. The van der Waals surface area contributed by atoms with Crippen molar-refractivity contribution in [2.75, 3.05) is 12.9 Å². The minimum atomic E-state index is -3.72. The molecule has 0 spiro atoms. The minimum Gasteiger partial charge on any atom is -0.493 e. The second kappa shape index (κ2) is 9.45. The summed E-state index contributed by atoms with van der Waals surface area (Å²) in [5, 5.41) is 2.54. The van der Waals surface area contributed by atoms with E-state index in [9.17, 15) is 26.4 Å². The molecule has 0 bridgehead atoms. The van der Waals surface area contributed by atoms with E-state index in [1.54, 1.807) is 0 Å². The van der Waals surface area contributed by atoms with Crippen molar-refractivity contribution >= 4 is 15.7 Å². The second-order valence-electron chi connectivity index (χ2n) is 5.66. The number of hydrogen-bond acceptors (Lipinski definition) is 5. The molecule has 0 radical (unpaired) electrons. The van der Waals surface area contributed by atoms with Crippen LogP contribution in [-0.2, 0) is 21.2 Å². The predicted octanol–water partition coefficient (Wildman–Crippen LogP) is 2.92. The zero-order valence-electron chi connectivity index (χ0n) is 14.8. The summed E-state index contributed by atoms with van der Waals surface area (Å²) in [6, 6.07) is 8.51. The Bertz CT molecular complexity index is 917. The summed E-state index contributed by atoms with van der Waals surface area (Å²) in [6.07, 6.45) is -0.288. The van der Waals surface area contributed by atoms with Crippen LogP contribution in [0.4, 0.5) is 13.2 Å². The van der Waals surface area contributed by atoms with E-state index in [1.807, 2.05) is 0 Å². The van der Waals surface area contributed by atoms with Crippen LogP contribution >= 0.6 is 0 Å². The molecule has 2 rings (SSSR count). The normalized spacial score (nSPS) is 11.3. The Morgan fingerprint density at radius 2 is 1.79 bits per heavy atom. The van der Waals surface area contributed by atoms with Crippen LogP contribution in [0.5, 0.6) is 11.5 Å². The zero-order chi connectivity index (χ0) is 20.7. The standard InChI is InChI=1S/C18H18F3NO5S/c1-26-16-10-12(2-7-15(16)27-18(20)21)11-22-17(23)8-9-28(24,25)14-5-3-13(19)4-6-14/h2-7,10,18H,8-9,11H2,1H3,(H,22,23). The number of rotatable bonds is 9. The molecular weight excluding hydrogens is 399 g/mol. The summed E-state index contributed by atoms with van der Waals surface area (Å²) in [4.78, 5) is 11.9. The predicted molar refractivity (Wildman–Crippen MR) is 94.5 cm³/mol. The average Bonchev–Trinajstić information content (AvgIpc) is 2.65. The Morgan fingerprint density at radius 1 is 1.11 bits per heavy atom. The first-order valence-corrected chi connectivity index (χ1v) is 9.73. The van der Waals surface area contributed by atoms with E-state index in [0.29, 0.717) is 5.56 Å². The number of nitrogens with one attached hydrogen (secondary N) is 1. The quantitative estimate of drug-likeness (QED) is 0.635. The lowest BCUT2D eigenvalue weighted by molar-refractivity contribution is -0.120. The van der Waals surface area contributed by atoms with Crippen molar-refractivity contribution in [2.45, 2.75) is 24.5 Å². The maximum atomic E-state index is 12.9. The largest absolute Gasteiger partial charge is 0.493 e. The first-order chi connectivity index (χ1) is 13.2. The van der Waals surface area contributed by atoms with E-state index in [1.165, 1.54) is 25.3 Å². The fourth-order valence-electron chi connectivity index (χ4n) is 2.29. The highest BCUT2D eigenvalue weighted by Crippen LogP contribution is 2.29. The van der Waals surface area contributed by atoms with Crippen LogP contribution in [0.25, 0.3) is 0 Å². The van der Waals surface area contributed by atoms with Gasteiger partial charge in [-0.15, -0.1) is 0 Å². The molecule has 0 saturated carbocycles. The average molecular weight is 417 g/mol. The highest BCUT2D eigenvalue weighted by molar-refractivity contribution is 7.91. The summed E-state index contributed by atoms with van der Waals surface area (Å²) in [6.45, 7) is -2.96. The number of methoxy groups -OCH3 is 1. The molecule has 0 unspecified atom stereocenters. The molecule has 1 N–H and O–H groups in total. The van der Waals surface area contributed by atoms with Crippen LogP contribution in [0.1, 0.15) is 12.0 Å². The van der Waals surface area contributed by atoms with Crippen LogP contribution in [0.3, 0.4) is 0 Å². The highest BCUT2D eigenvalue weighted by Gasteiger charge is 2.17. The third kappa shape index (κ3) is 6.15. The number of alkyl halides is 2. The van der Waals surface area contributed by atoms with Crippen LogP contribution in [0, 0.1) is 5.82 Å². The van der Waals surface area contributed by atoms with Crippen molar-refractivity contribution in [2.24, 2.45) is 0 Å². The summed E-state index contributed by atoms with van der Waals surface area (Å²) in [5.74, 6) is -1.58. The number of carbonyl (C=O) groups is 1. The molecule has 1 amide bonds. The molecule has 6 nitrogen and oxygen atoms in total. The lowest BCUT2D eigenvalue weighted by Crippen LogP contribution is -2.25. The van der Waals surface area contributed by atoms with E-state index in [4.69, 9.17) is 4.74 Å². The maximum Gasteiger partial charge on any atom is 0.387 e. The van der Waals surface area contributed by atoms with Gasteiger partial charge in [0.15, 0.2) is 21.3 Å². The van der Waals surface area contributed by atoms with E-state index < -0.39 is 33.9 Å². The molecule has 152 valence electrons. The van der Waals surface area contributed by atoms with Gasteiger partial charge in [-0.1, -0.05) is 6.07 Å². The monoisotopic (exact) mass is 417 g/mol. The van der Waals surface area contributed by atoms with Crippen LogP contribution in [0.2, 0.25) is 0 Å². The van der Waals surface area contributed by atoms with Gasteiger partial charge in [-0.05, 0) is 42.0 Å². The van der Waals surface area contributed by atoms with Crippen molar-refractivity contribution in [3.63, 3.8) is 0 Å². The molecule has 0 saturated heterocycles. The Labute approximate surface area is 160 Å². The number of amides is 1. The Morgan fingerprint density at radius 3 is 2.39 bits per heavy atom. The Kier molecular flexibility index (Phi) is 7.27. The highest BCUT2D eigenvalue weighted by atomic mass is 32.2.